The van der Waals surface area contributed by atoms with Crippen LogP contribution in [0, 0.1) is 0 Å². The summed E-state index contributed by atoms with van der Waals surface area (Å²) in [7, 11) is 0. The van der Waals surface area contributed by atoms with Crippen molar-refractivity contribution in [2.45, 2.75) is 32.5 Å². The molecule has 0 radical (unpaired) electrons. The minimum atomic E-state index is -0.418. The van der Waals surface area contributed by atoms with Crippen LogP contribution in [-0.4, -0.2) is 19.1 Å². The second kappa shape index (κ2) is 11.7. The molecule has 0 aliphatic rings. The van der Waals surface area contributed by atoms with Crippen molar-refractivity contribution < 1.29 is 9.53 Å². The maximum absolute atomic E-state index is 11.2. The van der Waals surface area contributed by atoms with Crippen molar-refractivity contribution in [1.82, 2.24) is 5.32 Å². The Morgan fingerprint density at radius 2 is 1.90 bits per heavy atom. The van der Waals surface area contributed by atoms with Gasteiger partial charge < -0.3 is 10.1 Å². The zero-order valence-electron chi connectivity index (χ0n) is 12.5. The standard InChI is InChI=1S/C12H13BrO2.C4H11N/c1-3-9-6-5-7-10(8-13)12(9)15-11(14)4-2;1-3-5-4-2/h4-7H,2-3,8H2,1H3;5H,3-4H2,1-2H3. The summed E-state index contributed by atoms with van der Waals surface area (Å²) in [5.41, 5.74) is 2.01. The summed E-state index contributed by atoms with van der Waals surface area (Å²) in [4.78, 5) is 11.2. The molecule has 1 aromatic carbocycles. The molecule has 0 aliphatic heterocycles. The summed E-state index contributed by atoms with van der Waals surface area (Å²) in [5, 5.41) is 3.78. The van der Waals surface area contributed by atoms with E-state index in [1.165, 1.54) is 6.08 Å². The lowest BCUT2D eigenvalue weighted by atomic mass is 10.1. The minimum absolute atomic E-state index is 0.418. The van der Waals surface area contributed by atoms with Gasteiger partial charge in [0.2, 0.25) is 0 Å². The van der Waals surface area contributed by atoms with Crippen LogP contribution in [0.15, 0.2) is 30.9 Å². The van der Waals surface area contributed by atoms with E-state index in [0.717, 1.165) is 30.6 Å². The van der Waals surface area contributed by atoms with Crippen LogP contribution in [0.2, 0.25) is 0 Å². The Bertz CT molecular complexity index is 395. The fourth-order valence-electron chi connectivity index (χ4n) is 1.55. The van der Waals surface area contributed by atoms with Crippen LogP contribution in [-0.2, 0) is 16.5 Å². The number of aryl methyl sites for hydroxylation is 1. The lowest BCUT2D eigenvalue weighted by Crippen LogP contribution is -2.09. The third-order valence-electron chi connectivity index (χ3n) is 2.57. The van der Waals surface area contributed by atoms with Crippen molar-refractivity contribution in [3.8, 4) is 5.75 Å². The van der Waals surface area contributed by atoms with Crippen LogP contribution in [0.4, 0.5) is 0 Å². The molecule has 0 aliphatic carbocycles. The molecule has 0 amide bonds. The van der Waals surface area contributed by atoms with Crippen LogP contribution in [0.1, 0.15) is 31.9 Å². The Hall–Kier alpha value is -1.13. The van der Waals surface area contributed by atoms with Crippen LogP contribution < -0.4 is 10.1 Å². The number of nitrogens with one attached hydrogen (secondary N) is 1. The summed E-state index contributed by atoms with van der Waals surface area (Å²) < 4.78 is 5.22. The molecule has 0 saturated heterocycles. The van der Waals surface area contributed by atoms with Gasteiger partial charge in [-0.2, -0.15) is 0 Å². The van der Waals surface area contributed by atoms with Gasteiger partial charge in [-0.15, -0.1) is 0 Å². The molecule has 0 bridgehead atoms. The highest BCUT2D eigenvalue weighted by Crippen LogP contribution is 2.26. The van der Waals surface area contributed by atoms with Gasteiger partial charge in [0.15, 0.2) is 0 Å². The number of ether oxygens (including phenoxy) is 1. The van der Waals surface area contributed by atoms with Crippen LogP contribution in [0.5, 0.6) is 5.75 Å². The maximum atomic E-state index is 11.2. The van der Waals surface area contributed by atoms with Gasteiger partial charge >= 0.3 is 5.97 Å². The van der Waals surface area contributed by atoms with Crippen LogP contribution in [0.25, 0.3) is 0 Å². The zero-order chi connectivity index (χ0) is 15.4. The molecule has 4 heteroatoms. The number of carbonyl (C=O) groups excluding carboxylic acids is 1. The van der Waals surface area contributed by atoms with Gasteiger partial charge in [0, 0.05) is 17.0 Å². The fraction of sp³-hybridized carbons (Fsp3) is 0.438. The van der Waals surface area contributed by atoms with E-state index in [9.17, 15) is 4.79 Å². The molecule has 0 fully saturated rings. The van der Waals surface area contributed by atoms with Gasteiger partial charge in [-0.3, -0.25) is 0 Å². The first-order valence-corrected chi connectivity index (χ1v) is 7.98. The summed E-state index contributed by atoms with van der Waals surface area (Å²) in [5.74, 6) is 0.236. The third-order valence-corrected chi connectivity index (χ3v) is 3.18. The van der Waals surface area contributed by atoms with Crippen molar-refractivity contribution in [2.24, 2.45) is 0 Å². The molecule has 0 spiro atoms. The normalized spacial score (nSPS) is 9.40. The van der Waals surface area contributed by atoms with Gasteiger partial charge in [0.1, 0.15) is 5.75 Å². The molecule has 1 aromatic rings. The number of benzene rings is 1. The van der Waals surface area contributed by atoms with Crippen LogP contribution >= 0.6 is 15.9 Å². The van der Waals surface area contributed by atoms with Crippen molar-refractivity contribution >= 4 is 21.9 Å². The van der Waals surface area contributed by atoms with Crippen molar-refractivity contribution in [2.75, 3.05) is 13.1 Å². The van der Waals surface area contributed by atoms with E-state index in [1.807, 2.05) is 25.1 Å². The number of alkyl halides is 1. The number of hydrogen-bond donors (Lipinski definition) is 1. The van der Waals surface area contributed by atoms with Gasteiger partial charge in [0.25, 0.3) is 0 Å². The summed E-state index contributed by atoms with van der Waals surface area (Å²) in [6, 6.07) is 5.85. The Morgan fingerprint density at radius 1 is 1.30 bits per heavy atom. The van der Waals surface area contributed by atoms with E-state index in [4.69, 9.17) is 4.74 Å². The molecule has 1 N–H and O–H groups in total. The average Bonchev–Trinajstić information content (AvgIpc) is 2.48. The van der Waals surface area contributed by atoms with Crippen LogP contribution in [0.3, 0.4) is 0 Å². The fourth-order valence-corrected chi connectivity index (χ4v) is 1.99. The Kier molecular flexibility index (Phi) is 11.0. The van der Waals surface area contributed by atoms with E-state index in [2.05, 4.69) is 41.7 Å². The SMILES string of the molecule is C=CC(=O)Oc1c(CC)cccc1CBr.CCNCC. The Balaban J connectivity index is 0.000000621. The molecule has 1 rings (SSSR count). The highest BCUT2D eigenvalue weighted by molar-refractivity contribution is 9.08. The summed E-state index contributed by atoms with van der Waals surface area (Å²) in [6.07, 6.45) is 2.01. The maximum Gasteiger partial charge on any atom is 0.335 e. The van der Waals surface area contributed by atoms with Crippen molar-refractivity contribution in [1.29, 1.82) is 0 Å². The van der Waals surface area contributed by atoms with E-state index < -0.39 is 5.97 Å². The van der Waals surface area contributed by atoms with E-state index in [-0.39, 0.29) is 0 Å². The molecule has 0 saturated carbocycles. The second-order valence-electron chi connectivity index (χ2n) is 3.97. The lowest BCUT2D eigenvalue weighted by Gasteiger charge is -2.11. The molecule has 0 unspecified atom stereocenters. The number of rotatable bonds is 6. The molecule has 3 nitrogen and oxygen atoms in total. The minimum Gasteiger partial charge on any atom is -0.423 e. The van der Waals surface area contributed by atoms with E-state index >= 15 is 0 Å². The highest BCUT2D eigenvalue weighted by atomic mass is 79.9. The Morgan fingerprint density at radius 3 is 2.30 bits per heavy atom. The predicted octanol–water partition coefficient (Wildman–Crippen LogP) is 3.85. The number of carbonyl (C=O) groups is 1. The van der Waals surface area contributed by atoms with Crippen molar-refractivity contribution in [3.05, 3.63) is 42.0 Å². The highest BCUT2D eigenvalue weighted by Gasteiger charge is 2.10. The van der Waals surface area contributed by atoms with Gasteiger partial charge in [-0.1, -0.05) is 61.5 Å². The second-order valence-corrected chi connectivity index (χ2v) is 4.54. The molecule has 20 heavy (non-hydrogen) atoms. The number of para-hydroxylation sites is 1. The number of halogens is 1. The molecular formula is C16H24BrNO2. The molecule has 0 heterocycles. The molecule has 112 valence electrons. The first kappa shape index (κ1) is 18.9. The zero-order valence-corrected chi connectivity index (χ0v) is 14.1. The topological polar surface area (TPSA) is 38.3 Å². The first-order valence-electron chi connectivity index (χ1n) is 6.86. The number of esters is 1. The molecule has 0 aromatic heterocycles. The Labute approximate surface area is 130 Å². The largest absolute Gasteiger partial charge is 0.423 e. The van der Waals surface area contributed by atoms with Gasteiger partial charge in [0.05, 0.1) is 0 Å². The summed E-state index contributed by atoms with van der Waals surface area (Å²) >= 11 is 3.37. The van der Waals surface area contributed by atoms with Gasteiger partial charge in [-0.05, 0) is 25.1 Å². The first-order chi connectivity index (χ1) is 9.64. The summed E-state index contributed by atoms with van der Waals surface area (Å²) in [6.45, 7) is 11.8. The monoisotopic (exact) mass is 341 g/mol. The van der Waals surface area contributed by atoms with Crippen molar-refractivity contribution in [3.63, 3.8) is 0 Å². The third kappa shape index (κ3) is 6.87. The quantitative estimate of drug-likeness (QED) is 0.369. The van der Waals surface area contributed by atoms with E-state index in [1.54, 1.807) is 0 Å². The predicted molar refractivity (Wildman–Crippen MR) is 88.5 cm³/mol. The molecular weight excluding hydrogens is 318 g/mol. The van der Waals surface area contributed by atoms with E-state index in [0.29, 0.717) is 11.1 Å². The van der Waals surface area contributed by atoms with Gasteiger partial charge in [-0.25, -0.2) is 4.79 Å². The average molecular weight is 342 g/mol. The number of hydrogen-bond acceptors (Lipinski definition) is 3. The smallest absolute Gasteiger partial charge is 0.335 e. The molecule has 0 atom stereocenters. The lowest BCUT2D eigenvalue weighted by molar-refractivity contribution is -0.129.